The molecule has 28 heavy (non-hydrogen) atoms. The Hall–Kier alpha value is -3.19. The van der Waals surface area contributed by atoms with E-state index in [1.165, 1.54) is 12.1 Å². The van der Waals surface area contributed by atoms with Crippen LogP contribution in [-0.4, -0.2) is 50.0 Å². The molecule has 1 atom stereocenters. The van der Waals surface area contributed by atoms with E-state index in [2.05, 4.69) is 5.10 Å². The van der Waals surface area contributed by atoms with Crippen LogP contribution in [0.25, 0.3) is 0 Å². The Kier molecular flexibility index (Phi) is 6.39. The first-order valence-corrected chi connectivity index (χ1v) is 8.86. The summed E-state index contributed by atoms with van der Waals surface area (Å²) in [5, 5.41) is 5.92. The van der Waals surface area contributed by atoms with Crippen molar-refractivity contribution in [2.45, 2.75) is 12.5 Å². The SMILES string of the molecule is COCC(=O)OCC(=O)N1N=C(c2ccccc2)C[C@H]1c1ccc(OC)cc1. The smallest absolute Gasteiger partial charge is 0.332 e. The summed E-state index contributed by atoms with van der Waals surface area (Å²) in [5.41, 5.74) is 2.68. The Morgan fingerprint density at radius 1 is 1.04 bits per heavy atom. The third kappa shape index (κ3) is 4.55. The third-order valence-electron chi connectivity index (χ3n) is 4.39. The Morgan fingerprint density at radius 3 is 2.39 bits per heavy atom. The summed E-state index contributed by atoms with van der Waals surface area (Å²) in [6.45, 7) is -0.589. The molecule has 1 heterocycles. The maximum Gasteiger partial charge on any atom is 0.332 e. The first kappa shape index (κ1) is 19.6. The Balaban J connectivity index is 1.82. The molecule has 0 aromatic heterocycles. The Labute approximate surface area is 163 Å². The molecule has 3 rings (SSSR count). The zero-order chi connectivity index (χ0) is 19.9. The van der Waals surface area contributed by atoms with E-state index in [9.17, 15) is 9.59 Å². The molecule has 1 amide bonds. The van der Waals surface area contributed by atoms with Crippen molar-refractivity contribution in [3.05, 3.63) is 65.7 Å². The van der Waals surface area contributed by atoms with Gasteiger partial charge in [-0.15, -0.1) is 0 Å². The fourth-order valence-corrected chi connectivity index (χ4v) is 3.00. The van der Waals surface area contributed by atoms with Gasteiger partial charge in [0.1, 0.15) is 12.4 Å². The van der Waals surface area contributed by atoms with Gasteiger partial charge in [-0.2, -0.15) is 5.10 Å². The molecule has 146 valence electrons. The summed E-state index contributed by atoms with van der Waals surface area (Å²) >= 11 is 0. The van der Waals surface area contributed by atoms with Gasteiger partial charge in [-0.3, -0.25) is 4.79 Å². The quantitative estimate of drug-likeness (QED) is 0.688. The Bertz CT molecular complexity index is 849. The molecular weight excluding hydrogens is 360 g/mol. The van der Waals surface area contributed by atoms with Gasteiger partial charge in [0.25, 0.3) is 5.91 Å². The normalized spacial score (nSPS) is 15.9. The number of carbonyl (C=O) groups excluding carboxylic acids is 2. The van der Waals surface area contributed by atoms with Crippen molar-refractivity contribution in [1.29, 1.82) is 0 Å². The number of benzene rings is 2. The molecule has 7 heteroatoms. The second kappa shape index (κ2) is 9.14. The topological polar surface area (TPSA) is 77.4 Å². The van der Waals surface area contributed by atoms with Crippen molar-refractivity contribution in [2.75, 3.05) is 27.4 Å². The lowest BCUT2D eigenvalue weighted by atomic mass is 9.98. The molecule has 0 bridgehead atoms. The van der Waals surface area contributed by atoms with Crippen LogP contribution in [0.5, 0.6) is 5.75 Å². The van der Waals surface area contributed by atoms with Crippen molar-refractivity contribution in [3.63, 3.8) is 0 Å². The first-order chi connectivity index (χ1) is 13.6. The van der Waals surface area contributed by atoms with Gasteiger partial charge in [0.15, 0.2) is 6.61 Å². The van der Waals surface area contributed by atoms with Crippen LogP contribution in [0, 0.1) is 0 Å². The lowest BCUT2D eigenvalue weighted by Crippen LogP contribution is -2.31. The molecule has 0 radical (unpaired) electrons. The van der Waals surface area contributed by atoms with Crippen LogP contribution in [0.1, 0.15) is 23.6 Å². The van der Waals surface area contributed by atoms with E-state index < -0.39 is 11.9 Å². The second-order valence-electron chi connectivity index (χ2n) is 6.24. The minimum absolute atomic E-state index is 0.201. The summed E-state index contributed by atoms with van der Waals surface area (Å²) in [6, 6.07) is 16.9. The number of hydrogen-bond acceptors (Lipinski definition) is 6. The minimum atomic E-state index is -0.594. The van der Waals surface area contributed by atoms with Crippen LogP contribution >= 0.6 is 0 Å². The summed E-state index contributed by atoms with van der Waals surface area (Å²) in [4.78, 5) is 24.2. The molecule has 0 fully saturated rings. The summed E-state index contributed by atoms with van der Waals surface area (Å²) in [5.74, 6) is -0.253. The van der Waals surface area contributed by atoms with Crippen molar-refractivity contribution >= 4 is 17.6 Å². The van der Waals surface area contributed by atoms with Crippen LogP contribution in [0.2, 0.25) is 0 Å². The number of hydrazone groups is 1. The van der Waals surface area contributed by atoms with Gasteiger partial charge in [-0.05, 0) is 23.3 Å². The summed E-state index contributed by atoms with van der Waals surface area (Å²) < 4.78 is 14.9. The number of carbonyl (C=O) groups is 2. The number of ether oxygens (including phenoxy) is 3. The van der Waals surface area contributed by atoms with Crippen molar-refractivity contribution in [2.24, 2.45) is 5.10 Å². The van der Waals surface area contributed by atoms with Crippen molar-refractivity contribution < 1.29 is 23.8 Å². The molecule has 0 saturated heterocycles. The zero-order valence-electron chi connectivity index (χ0n) is 15.8. The van der Waals surface area contributed by atoms with E-state index in [1.54, 1.807) is 7.11 Å². The molecule has 0 saturated carbocycles. The van der Waals surface area contributed by atoms with Gasteiger partial charge in [-0.1, -0.05) is 42.5 Å². The number of nitrogens with zero attached hydrogens (tertiary/aromatic N) is 2. The van der Waals surface area contributed by atoms with E-state index in [-0.39, 0.29) is 19.3 Å². The molecule has 1 aliphatic heterocycles. The predicted molar refractivity (Wildman–Crippen MR) is 103 cm³/mol. The summed E-state index contributed by atoms with van der Waals surface area (Å²) in [6.07, 6.45) is 0.564. The lowest BCUT2D eigenvalue weighted by Gasteiger charge is -2.22. The maximum atomic E-state index is 12.7. The number of hydrogen-bond donors (Lipinski definition) is 0. The monoisotopic (exact) mass is 382 g/mol. The van der Waals surface area contributed by atoms with Gasteiger partial charge in [0.2, 0.25) is 0 Å². The fraction of sp³-hybridized carbons (Fsp3) is 0.286. The summed E-state index contributed by atoms with van der Waals surface area (Å²) in [7, 11) is 2.99. The standard InChI is InChI=1S/C21H22N2O5/c1-26-14-21(25)28-13-20(24)23-19(16-8-10-17(27-2)11-9-16)12-18(22-23)15-6-4-3-5-7-15/h3-11,19H,12-14H2,1-2H3/t19-/m0/s1. The molecule has 0 unspecified atom stereocenters. The van der Waals surface area contributed by atoms with Gasteiger partial charge >= 0.3 is 5.97 Å². The van der Waals surface area contributed by atoms with Crippen LogP contribution in [0.15, 0.2) is 59.7 Å². The van der Waals surface area contributed by atoms with E-state index in [1.807, 2.05) is 54.6 Å². The second-order valence-corrected chi connectivity index (χ2v) is 6.24. The van der Waals surface area contributed by atoms with Crippen molar-refractivity contribution in [3.8, 4) is 5.75 Å². The van der Waals surface area contributed by atoms with Crippen molar-refractivity contribution in [1.82, 2.24) is 5.01 Å². The highest BCUT2D eigenvalue weighted by atomic mass is 16.6. The molecule has 0 spiro atoms. The first-order valence-electron chi connectivity index (χ1n) is 8.86. The predicted octanol–water partition coefficient (Wildman–Crippen LogP) is 2.56. The van der Waals surface area contributed by atoms with Gasteiger partial charge in [-0.25, -0.2) is 9.80 Å². The molecule has 7 nitrogen and oxygen atoms in total. The number of methoxy groups -OCH3 is 2. The molecule has 1 aliphatic rings. The Morgan fingerprint density at radius 2 is 1.75 bits per heavy atom. The molecule has 2 aromatic rings. The van der Waals surface area contributed by atoms with E-state index in [0.29, 0.717) is 6.42 Å². The third-order valence-corrected chi connectivity index (χ3v) is 4.39. The minimum Gasteiger partial charge on any atom is -0.497 e. The van der Waals surface area contributed by atoms with E-state index >= 15 is 0 Å². The average molecular weight is 382 g/mol. The highest BCUT2D eigenvalue weighted by Gasteiger charge is 2.33. The van der Waals surface area contributed by atoms with Gasteiger partial charge in [0.05, 0.1) is 18.9 Å². The van der Waals surface area contributed by atoms with Crippen LogP contribution < -0.4 is 4.74 Å². The largest absolute Gasteiger partial charge is 0.497 e. The van der Waals surface area contributed by atoms with Gasteiger partial charge in [0, 0.05) is 13.5 Å². The molecule has 2 aromatic carbocycles. The molecule has 0 N–H and O–H groups in total. The average Bonchev–Trinajstić information content (AvgIpc) is 3.18. The highest BCUT2D eigenvalue weighted by molar-refractivity contribution is 6.03. The number of amides is 1. The zero-order valence-corrected chi connectivity index (χ0v) is 15.8. The molecular formula is C21H22N2O5. The maximum absolute atomic E-state index is 12.7. The van der Waals surface area contributed by atoms with E-state index in [4.69, 9.17) is 14.2 Å². The van der Waals surface area contributed by atoms with Gasteiger partial charge < -0.3 is 14.2 Å². The van der Waals surface area contributed by atoms with E-state index in [0.717, 1.165) is 22.6 Å². The van der Waals surface area contributed by atoms with Crippen LogP contribution in [0.3, 0.4) is 0 Å². The van der Waals surface area contributed by atoms with Crippen LogP contribution in [-0.2, 0) is 19.1 Å². The highest BCUT2D eigenvalue weighted by Crippen LogP contribution is 2.33. The van der Waals surface area contributed by atoms with Crippen LogP contribution in [0.4, 0.5) is 0 Å². The lowest BCUT2D eigenvalue weighted by molar-refractivity contribution is -0.155. The number of esters is 1. The molecule has 0 aliphatic carbocycles. The fourth-order valence-electron chi connectivity index (χ4n) is 3.00. The number of rotatable bonds is 7.